The number of hydrogen-bond donors (Lipinski definition) is 10. The molecule has 2 aromatic rings. The lowest BCUT2D eigenvalue weighted by molar-refractivity contribution is -0.124. The number of imidazole rings is 1. The number of phosphoric acid groups is 1. The van der Waals surface area contributed by atoms with Crippen LogP contribution in [0.3, 0.4) is 0 Å². The Morgan fingerprint density at radius 1 is 0.778 bits per heavy atom. The Hall–Kier alpha value is -7.00. The van der Waals surface area contributed by atoms with Gasteiger partial charge in [0.1, 0.15) is 18.3 Å². The Kier molecular flexibility index (Phi) is 19.6. The molecule has 7 amide bonds. The molecule has 8 rings (SSSR count). The number of benzene rings is 1. The summed E-state index contributed by atoms with van der Waals surface area (Å²) in [6.07, 6.45) is -4.47. The first kappa shape index (κ1) is 68.9. The van der Waals surface area contributed by atoms with Crippen molar-refractivity contribution < 1.29 is 67.0 Å². The second-order valence-corrected chi connectivity index (χ2v) is 28.4. The number of aliphatic hydroxyl groups is 2. The van der Waals surface area contributed by atoms with E-state index in [1.807, 2.05) is 80.5 Å². The first-order valence-corrected chi connectivity index (χ1v) is 32.0. The lowest BCUT2D eigenvalue weighted by Crippen LogP contribution is -2.55. The number of phosphoric ester groups is 1. The molecule has 2 fully saturated rings. The van der Waals surface area contributed by atoms with Crippen LogP contribution in [0.1, 0.15) is 150 Å². The quantitative estimate of drug-likeness (QED) is 0.0596. The van der Waals surface area contributed by atoms with Gasteiger partial charge >= 0.3 is 7.82 Å². The van der Waals surface area contributed by atoms with Crippen LogP contribution in [0.5, 0.6) is 0 Å². The summed E-state index contributed by atoms with van der Waals surface area (Å²) in [5.41, 5.74) is 36.8. The van der Waals surface area contributed by atoms with Gasteiger partial charge in [-0.25, -0.2) is 9.55 Å². The molecule has 6 aliphatic rings. The summed E-state index contributed by atoms with van der Waals surface area (Å²) in [7, 11) is -5.07. The molecule has 0 saturated carbocycles. The predicted molar refractivity (Wildman–Crippen MR) is 334 cm³/mol. The summed E-state index contributed by atoms with van der Waals surface area (Å²) in [5.74, 6) is -7.34. The normalized spacial score (nSPS) is 32.0. The van der Waals surface area contributed by atoms with Crippen LogP contribution in [0.25, 0.3) is 16.4 Å². The van der Waals surface area contributed by atoms with Crippen molar-refractivity contribution in [2.45, 2.75) is 189 Å². The summed E-state index contributed by atoms with van der Waals surface area (Å²) in [6, 6.07) is 2.68. The molecule has 492 valence electrons. The SMILES string of the molecule is CC1=C2N=C(C=C3N=C(C(C)=C4[N-]C(C(CC(N)=O)C4(C)CCC(=O)NCC(C)OP(=O)(O)OC4C(CO)OC(n5cnc6cc(C)c(C)cc65)C4O)C4(C)N=C1C(CCC(N)=O)C4(C)CC(N)=O)C(CCC(N)=O)C3(C)C)C(CCC(N)=O)C2(C)CC(N)=O. The average molecular weight is 1270 g/mol. The minimum atomic E-state index is -5.07. The van der Waals surface area contributed by atoms with Gasteiger partial charge in [0, 0.05) is 108 Å². The van der Waals surface area contributed by atoms with Crippen LogP contribution in [0.2, 0.25) is 0 Å². The Balaban J connectivity index is 1.19. The Morgan fingerprint density at radius 3 is 1.97 bits per heavy atom. The number of aryl methyl sites for hydroxylation is 2. The topological polar surface area (TPSA) is 462 Å². The lowest BCUT2D eigenvalue weighted by Gasteiger charge is -2.53. The third-order valence-electron chi connectivity index (χ3n) is 20.5. The molecule has 6 aliphatic heterocycles. The fraction of sp³-hybridized carbons (Fsp3) is 0.629. The lowest BCUT2D eigenvalue weighted by atomic mass is 9.56. The molecule has 1 aromatic heterocycles. The predicted octanol–water partition coefficient (Wildman–Crippen LogP) is 3.95. The number of allylic oxidation sites excluding steroid dienone is 6. The number of primary amides is 6. The van der Waals surface area contributed by atoms with E-state index in [-0.39, 0.29) is 77.2 Å². The van der Waals surface area contributed by atoms with Crippen molar-refractivity contribution in [3.05, 3.63) is 69.2 Å². The molecular formula is C62H89N13O14P-. The van der Waals surface area contributed by atoms with Crippen molar-refractivity contribution in [3.63, 3.8) is 0 Å². The van der Waals surface area contributed by atoms with E-state index < -0.39 is 143 Å². The summed E-state index contributed by atoms with van der Waals surface area (Å²) >= 11 is 0. The maximum absolute atomic E-state index is 14.4. The summed E-state index contributed by atoms with van der Waals surface area (Å²) < 4.78 is 32.3. The van der Waals surface area contributed by atoms with Crippen LogP contribution in [0.4, 0.5) is 0 Å². The van der Waals surface area contributed by atoms with Gasteiger partial charge < -0.3 is 69.4 Å². The minimum Gasteiger partial charge on any atom is -0.682 e. The number of carbonyl (C=O) groups is 7. The number of carbonyl (C=O) groups excluding carboxylic acids is 7. The molecule has 2 saturated heterocycles. The number of aliphatic imine (C=N–C) groups is 3. The van der Waals surface area contributed by atoms with Crippen LogP contribution < -0.4 is 39.7 Å². The van der Waals surface area contributed by atoms with E-state index >= 15 is 0 Å². The number of amides is 7. The molecule has 0 aliphatic carbocycles. The standard InChI is InChI=1S/C62H90N13O14P/c1-29-20-39-40(21-30(29)2)75(28-70-39)57-52(84)53(41(27-76)87-57)89-90(85,86)88-31(3)26-69-49(83)18-19-59(8)37(22-46(66)80)56-62(11)61(10,25-48(68)82)36(14-17-45(65)79)51(74-62)33(5)55-60(9,24-47(67)81)34(12-15-43(63)77)38(71-55)23-42-58(6,7)35(13-16-44(64)78)50(72-42)32(4)54(59)73-56/h20-21,23,28,31,34-37,41,52-53,56-57,76,84H,12-19,22,24-27H2,1-11H3,(H15,63,64,65,66,67,68,69,71,72,73,74,77,78,79,80,81,82,83,85,86)/p-1. The van der Waals surface area contributed by atoms with Crippen LogP contribution in [-0.4, -0.2) is 132 Å². The van der Waals surface area contributed by atoms with E-state index in [9.17, 15) is 53.2 Å². The largest absolute Gasteiger partial charge is 0.682 e. The minimum absolute atomic E-state index is 0.0164. The van der Waals surface area contributed by atoms with Gasteiger partial charge in [0.2, 0.25) is 41.4 Å². The molecule has 1 aromatic carbocycles. The molecular weight excluding hydrogens is 1180 g/mol. The summed E-state index contributed by atoms with van der Waals surface area (Å²) in [5, 5.41) is 30.2. The number of nitrogens with zero attached hydrogens (tertiary/aromatic N) is 6. The maximum Gasteiger partial charge on any atom is 0.472 e. The third-order valence-corrected chi connectivity index (χ3v) is 21.6. The fourth-order valence-corrected chi connectivity index (χ4v) is 16.5. The van der Waals surface area contributed by atoms with Crippen molar-refractivity contribution in [2.24, 2.45) is 94.7 Å². The number of nitrogens with two attached hydrogens (primary N) is 6. The van der Waals surface area contributed by atoms with Gasteiger partial charge in [-0.3, -0.25) is 57.6 Å². The zero-order valence-electron chi connectivity index (χ0n) is 53.2. The Morgan fingerprint density at radius 2 is 1.38 bits per heavy atom. The second-order valence-electron chi connectivity index (χ2n) is 27.0. The number of nitrogens with one attached hydrogen (secondary N) is 1. The van der Waals surface area contributed by atoms with Gasteiger partial charge in [-0.2, -0.15) is 5.70 Å². The first-order chi connectivity index (χ1) is 41.8. The number of rotatable bonds is 26. The monoisotopic (exact) mass is 1270 g/mol. The number of hydrogen-bond acceptors (Lipinski definition) is 17. The van der Waals surface area contributed by atoms with Gasteiger partial charge in [-0.1, -0.05) is 40.7 Å². The highest BCUT2D eigenvalue weighted by Gasteiger charge is 2.63. The Bertz CT molecular complexity index is 3540. The highest BCUT2D eigenvalue weighted by molar-refractivity contribution is 7.47. The highest BCUT2D eigenvalue weighted by Crippen LogP contribution is 2.66. The van der Waals surface area contributed by atoms with Gasteiger partial charge in [-0.05, 0) is 119 Å². The van der Waals surface area contributed by atoms with Gasteiger partial charge in [0.15, 0.2) is 6.23 Å². The van der Waals surface area contributed by atoms with Crippen LogP contribution >= 0.6 is 7.82 Å². The molecule has 90 heavy (non-hydrogen) atoms. The molecule has 27 nitrogen and oxygen atoms in total. The van der Waals surface area contributed by atoms with Crippen LogP contribution in [-0.2, 0) is 51.9 Å². The number of ether oxygens (including phenoxy) is 1. The van der Waals surface area contributed by atoms with E-state index in [4.69, 9.17) is 68.5 Å². The molecule has 28 heteroatoms. The van der Waals surface area contributed by atoms with E-state index in [2.05, 4.69) is 10.3 Å². The summed E-state index contributed by atoms with van der Waals surface area (Å²) in [4.78, 5) is 125. The smallest absolute Gasteiger partial charge is 0.472 e. The number of fused-ring (bicyclic) bond motifs is 7. The maximum atomic E-state index is 14.4. The van der Waals surface area contributed by atoms with Crippen LogP contribution in [0.15, 0.2) is 67.8 Å². The number of aromatic nitrogens is 2. The van der Waals surface area contributed by atoms with E-state index in [0.29, 0.717) is 56.4 Å². The van der Waals surface area contributed by atoms with E-state index in [1.54, 1.807) is 11.5 Å². The van der Waals surface area contributed by atoms with Crippen LogP contribution in [0, 0.1) is 59.2 Å². The first-order valence-electron chi connectivity index (χ1n) is 30.5. The summed E-state index contributed by atoms with van der Waals surface area (Å²) in [6.45, 7) is 19.1. The van der Waals surface area contributed by atoms with Crippen molar-refractivity contribution in [2.75, 3.05) is 13.2 Å². The molecule has 15 unspecified atom stereocenters. The fourth-order valence-electron chi connectivity index (χ4n) is 15.3. The molecule has 0 spiro atoms. The second kappa shape index (κ2) is 25.6. The molecule has 8 bridgehead atoms. The molecule has 15 atom stereocenters. The van der Waals surface area contributed by atoms with Crippen molar-refractivity contribution >= 4 is 77.3 Å². The van der Waals surface area contributed by atoms with E-state index in [1.165, 1.54) is 13.3 Å². The molecule has 0 radical (unpaired) electrons. The molecule has 7 heterocycles. The zero-order chi connectivity index (χ0) is 66.7. The van der Waals surface area contributed by atoms with Gasteiger partial charge in [-0.15, -0.1) is 0 Å². The average Bonchev–Trinajstić information content (AvgIpc) is 1.53. The van der Waals surface area contributed by atoms with Crippen molar-refractivity contribution in [3.8, 4) is 0 Å². The highest BCUT2D eigenvalue weighted by atomic mass is 31.2. The third kappa shape index (κ3) is 13.0. The number of aliphatic hydroxyl groups excluding tert-OH is 2. The van der Waals surface area contributed by atoms with E-state index in [0.717, 1.165) is 11.1 Å². The zero-order valence-corrected chi connectivity index (χ0v) is 54.1. The van der Waals surface area contributed by atoms with Crippen molar-refractivity contribution in [1.82, 2.24) is 14.9 Å². The van der Waals surface area contributed by atoms with Crippen molar-refractivity contribution in [1.29, 1.82) is 0 Å². The van der Waals surface area contributed by atoms with Gasteiger partial charge in [0.05, 0.1) is 41.3 Å². The van der Waals surface area contributed by atoms with Gasteiger partial charge in [0.25, 0.3) is 0 Å². The molecule has 16 N–H and O–H groups in total. The Labute approximate surface area is 523 Å².